The predicted octanol–water partition coefficient (Wildman–Crippen LogP) is 7.30. The molecule has 0 aromatic heterocycles. The van der Waals surface area contributed by atoms with Crippen LogP contribution in [0.4, 0.5) is 0 Å². The molecular weight excluding hydrogens is 520 g/mol. The number of nitrogens with zero attached hydrogens (tertiary/aromatic N) is 2. The van der Waals surface area contributed by atoms with Gasteiger partial charge in [0.25, 0.3) is 0 Å². The van der Waals surface area contributed by atoms with E-state index in [-0.39, 0.29) is 18.0 Å². The van der Waals surface area contributed by atoms with Crippen molar-refractivity contribution in [3.05, 3.63) is 155 Å². The van der Waals surface area contributed by atoms with Crippen molar-refractivity contribution >= 4 is 15.9 Å². The number of hydrogen-bond donors (Lipinski definition) is 0. The van der Waals surface area contributed by atoms with E-state index in [1.807, 2.05) is 36.4 Å². The monoisotopic (exact) mass is 548 g/mol. The van der Waals surface area contributed by atoms with Gasteiger partial charge in [-0.2, -0.15) is 5.26 Å². The molecule has 1 aliphatic rings. The zero-order valence-electron chi connectivity index (χ0n) is 20.6. The fraction of sp³-hybridized carbons (Fsp3) is 0.182. The molecule has 1 heterocycles. The summed E-state index contributed by atoms with van der Waals surface area (Å²) in [6.07, 6.45) is 1.87. The summed E-state index contributed by atoms with van der Waals surface area (Å²) in [5.41, 5.74) is 3.55. The van der Waals surface area contributed by atoms with Gasteiger partial charge >= 0.3 is 0 Å². The first-order valence-electron chi connectivity index (χ1n) is 12.5. The Labute approximate surface area is 227 Å². The maximum Gasteiger partial charge on any atom is 0.143 e. The maximum atomic E-state index is 10.1. The van der Waals surface area contributed by atoms with Crippen molar-refractivity contribution in [3.63, 3.8) is 0 Å². The molecule has 5 rings (SSSR count). The van der Waals surface area contributed by atoms with Crippen LogP contribution in [-0.4, -0.2) is 30.1 Å². The zero-order chi connectivity index (χ0) is 25.7. The van der Waals surface area contributed by atoms with Crippen molar-refractivity contribution in [1.82, 2.24) is 4.90 Å². The second-order valence-electron chi connectivity index (χ2n) is 9.29. The molecule has 1 saturated heterocycles. The Bertz CT molecular complexity index is 1250. The molecule has 0 spiro atoms. The lowest BCUT2D eigenvalue weighted by Gasteiger charge is -2.53. The largest absolute Gasteiger partial charge is 0.359 e. The number of hydrogen-bond acceptors (Lipinski definition) is 3. The Balaban J connectivity index is 1.59. The van der Waals surface area contributed by atoms with Gasteiger partial charge in [-0.05, 0) is 34.4 Å². The number of halogens is 1. The van der Waals surface area contributed by atoms with Crippen LogP contribution in [0.15, 0.2) is 132 Å². The van der Waals surface area contributed by atoms with Crippen molar-refractivity contribution in [3.8, 4) is 6.07 Å². The van der Waals surface area contributed by atoms with Gasteiger partial charge in [-0.1, -0.05) is 125 Å². The molecule has 4 aromatic rings. The van der Waals surface area contributed by atoms with E-state index in [2.05, 4.69) is 118 Å². The highest BCUT2D eigenvalue weighted by atomic mass is 79.9. The van der Waals surface area contributed by atoms with Gasteiger partial charge in [0.1, 0.15) is 11.6 Å². The lowest BCUT2D eigenvalue weighted by Crippen LogP contribution is -2.63. The average molecular weight is 550 g/mol. The van der Waals surface area contributed by atoms with Gasteiger partial charge < -0.3 is 4.74 Å². The Kier molecular flexibility index (Phi) is 7.67. The highest BCUT2D eigenvalue weighted by Crippen LogP contribution is 2.45. The van der Waals surface area contributed by atoms with Gasteiger partial charge in [0.15, 0.2) is 0 Å². The minimum Gasteiger partial charge on any atom is -0.359 e. The third-order valence-electron chi connectivity index (χ3n) is 7.28. The Hall–Kier alpha value is -3.49. The predicted molar refractivity (Wildman–Crippen MR) is 152 cm³/mol. The van der Waals surface area contributed by atoms with Gasteiger partial charge in [-0.3, -0.25) is 4.90 Å². The highest BCUT2D eigenvalue weighted by molar-refractivity contribution is 9.10. The molecule has 0 unspecified atom stereocenters. The summed E-state index contributed by atoms with van der Waals surface area (Å²) in [6.45, 7) is 5.03. The van der Waals surface area contributed by atoms with Crippen molar-refractivity contribution in [2.75, 3.05) is 13.2 Å². The van der Waals surface area contributed by atoms with Gasteiger partial charge in [-0.25, -0.2) is 0 Å². The van der Waals surface area contributed by atoms with Crippen molar-refractivity contribution in [2.24, 2.45) is 0 Å². The van der Waals surface area contributed by atoms with E-state index in [4.69, 9.17) is 4.74 Å². The van der Waals surface area contributed by atoms with Crippen LogP contribution < -0.4 is 0 Å². The van der Waals surface area contributed by atoms with E-state index >= 15 is 0 Å². The van der Waals surface area contributed by atoms with Crippen LogP contribution in [0.2, 0.25) is 0 Å². The van der Waals surface area contributed by atoms with Crippen molar-refractivity contribution in [2.45, 2.75) is 23.6 Å². The van der Waals surface area contributed by atoms with Crippen LogP contribution in [0, 0.1) is 11.3 Å². The lowest BCUT2D eigenvalue weighted by atomic mass is 9.75. The van der Waals surface area contributed by atoms with Crippen LogP contribution in [0.3, 0.4) is 0 Å². The number of rotatable bonds is 9. The van der Waals surface area contributed by atoms with Crippen molar-refractivity contribution in [1.29, 1.82) is 5.26 Å². The molecule has 3 atom stereocenters. The van der Waals surface area contributed by atoms with E-state index in [0.717, 1.165) is 26.7 Å². The second kappa shape index (κ2) is 11.3. The molecule has 0 amide bonds. The van der Waals surface area contributed by atoms with E-state index in [1.165, 1.54) is 0 Å². The van der Waals surface area contributed by atoms with Crippen LogP contribution in [0.25, 0.3) is 0 Å². The average Bonchev–Trinajstić information content (AvgIpc) is 2.95. The standard InChI is InChI=1S/C33H29BrN2O/c1-2-22-36-30(23-35)32(25-18-20-29(34)21-19-25)31(36)24-37-33(26-12-6-3-7-13-26,27-14-8-4-9-15-27)28-16-10-5-11-17-28/h2-21,30-32H,1,22,24H2/t30-,31-,32-/m0/s1. The van der Waals surface area contributed by atoms with Gasteiger partial charge in [0.2, 0.25) is 0 Å². The fourth-order valence-corrected chi connectivity index (χ4v) is 5.81. The summed E-state index contributed by atoms with van der Waals surface area (Å²) in [5.74, 6) is 0.0399. The third-order valence-corrected chi connectivity index (χ3v) is 7.81. The molecule has 184 valence electrons. The molecule has 4 heteroatoms. The summed E-state index contributed by atoms with van der Waals surface area (Å²) in [4.78, 5) is 2.20. The minimum atomic E-state index is -0.800. The number of nitriles is 1. The minimum absolute atomic E-state index is 0.0272. The molecule has 3 nitrogen and oxygen atoms in total. The van der Waals surface area contributed by atoms with Crippen LogP contribution in [-0.2, 0) is 10.3 Å². The third kappa shape index (κ3) is 4.79. The van der Waals surface area contributed by atoms with Crippen LogP contribution in [0.5, 0.6) is 0 Å². The maximum absolute atomic E-state index is 10.1. The summed E-state index contributed by atoms with van der Waals surface area (Å²) >= 11 is 3.54. The van der Waals surface area contributed by atoms with E-state index in [9.17, 15) is 5.26 Å². The fourth-order valence-electron chi connectivity index (χ4n) is 5.55. The molecule has 0 aliphatic carbocycles. The summed E-state index contributed by atoms with van der Waals surface area (Å²) in [7, 11) is 0. The van der Waals surface area contributed by atoms with Gasteiger partial charge in [0.05, 0.1) is 12.7 Å². The first kappa shape index (κ1) is 25.2. The Morgan fingerprint density at radius 2 is 1.30 bits per heavy atom. The summed E-state index contributed by atoms with van der Waals surface area (Å²) in [5, 5.41) is 10.1. The summed E-state index contributed by atoms with van der Waals surface area (Å²) < 4.78 is 8.17. The zero-order valence-corrected chi connectivity index (χ0v) is 22.2. The Morgan fingerprint density at radius 1 is 0.811 bits per heavy atom. The number of ether oxygens (including phenoxy) is 1. The molecule has 1 aliphatic heterocycles. The molecule has 0 radical (unpaired) electrons. The molecule has 0 saturated carbocycles. The smallest absolute Gasteiger partial charge is 0.143 e. The molecule has 37 heavy (non-hydrogen) atoms. The highest BCUT2D eigenvalue weighted by Gasteiger charge is 2.50. The number of benzene rings is 4. The first-order chi connectivity index (χ1) is 18.2. The molecule has 0 N–H and O–H groups in total. The van der Waals surface area contributed by atoms with Gasteiger partial charge in [-0.15, -0.1) is 6.58 Å². The second-order valence-corrected chi connectivity index (χ2v) is 10.2. The Morgan fingerprint density at radius 3 is 1.73 bits per heavy atom. The van der Waals surface area contributed by atoms with E-state index < -0.39 is 5.60 Å². The topological polar surface area (TPSA) is 36.3 Å². The molecule has 1 fully saturated rings. The summed E-state index contributed by atoms with van der Waals surface area (Å²) in [6, 6.07) is 41.9. The SMILES string of the molecule is C=CCN1[C@@H](C#N)[C@H](c2ccc(Br)cc2)[C@@H]1COC(c1ccccc1)(c1ccccc1)c1ccccc1. The van der Waals surface area contributed by atoms with Gasteiger partial charge in [0, 0.05) is 23.0 Å². The van der Waals surface area contributed by atoms with Crippen LogP contribution >= 0.6 is 15.9 Å². The lowest BCUT2D eigenvalue weighted by molar-refractivity contribution is -0.0750. The van der Waals surface area contributed by atoms with Crippen molar-refractivity contribution < 1.29 is 4.74 Å². The number of likely N-dealkylation sites (tertiary alicyclic amines) is 1. The molecule has 0 bridgehead atoms. The first-order valence-corrected chi connectivity index (χ1v) is 13.3. The quantitative estimate of drug-likeness (QED) is 0.162. The normalized spacial score (nSPS) is 19.5. The molecule has 4 aromatic carbocycles. The van der Waals surface area contributed by atoms with Crippen LogP contribution in [0.1, 0.15) is 28.2 Å². The van der Waals surface area contributed by atoms with E-state index in [1.54, 1.807) is 0 Å². The molecular formula is C33H29BrN2O. The van der Waals surface area contributed by atoms with E-state index in [0.29, 0.717) is 13.2 Å².